The first kappa shape index (κ1) is 22.2. The number of aliphatic imine (C=N–C) groups is 1. The van der Waals surface area contributed by atoms with E-state index in [4.69, 9.17) is 32.9 Å². The number of halogens is 2. The molecule has 0 atom stereocenters. The number of carbonyl (C=O) groups is 1. The van der Waals surface area contributed by atoms with E-state index in [1.807, 2.05) is 58.2 Å². The van der Waals surface area contributed by atoms with E-state index < -0.39 is 6.09 Å². The molecule has 30 heavy (non-hydrogen) atoms. The van der Waals surface area contributed by atoms with Crippen LogP contribution in [0.25, 0.3) is 6.08 Å². The maximum absolute atomic E-state index is 12.2. The molecule has 158 valence electrons. The second kappa shape index (κ2) is 9.11. The third-order valence-electron chi connectivity index (χ3n) is 4.44. The summed E-state index contributed by atoms with van der Waals surface area (Å²) in [5.74, 6) is 0.460. The van der Waals surface area contributed by atoms with Gasteiger partial charge in [-0.25, -0.2) is 4.79 Å². The van der Waals surface area contributed by atoms with Crippen LogP contribution in [0, 0.1) is 0 Å². The highest BCUT2D eigenvalue weighted by atomic mass is 35.5. The third kappa shape index (κ3) is 5.77. The van der Waals surface area contributed by atoms with E-state index in [0.717, 1.165) is 29.1 Å². The lowest BCUT2D eigenvalue weighted by molar-refractivity contribution is 0.190. The molecular formula is C23H25Cl2N3O2. The molecule has 1 N–H and O–H groups in total. The van der Waals surface area contributed by atoms with Crippen molar-refractivity contribution in [2.45, 2.75) is 26.3 Å². The molecule has 1 aliphatic rings. The number of fused-ring (bicyclic) bond motifs is 1. The summed E-state index contributed by atoms with van der Waals surface area (Å²) < 4.78 is 5.49. The number of nitrogens with one attached hydrogen (secondary N) is 1. The molecule has 1 aliphatic heterocycles. The van der Waals surface area contributed by atoms with Gasteiger partial charge in [-0.05, 0) is 62.7 Å². The molecule has 0 radical (unpaired) electrons. The predicted octanol–water partition coefficient (Wildman–Crippen LogP) is 5.83. The van der Waals surface area contributed by atoms with Crippen LogP contribution in [-0.4, -0.2) is 37.5 Å². The number of ether oxygens (including phenoxy) is 1. The number of nitrogens with zero attached hydrogens (tertiary/aromatic N) is 2. The molecule has 0 aliphatic carbocycles. The molecule has 0 fully saturated rings. The lowest BCUT2D eigenvalue weighted by atomic mass is 10.0. The Bertz CT molecular complexity index is 1010. The van der Waals surface area contributed by atoms with E-state index >= 15 is 0 Å². The summed E-state index contributed by atoms with van der Waals surface area (Å²) in [6.45, 7) is 7.16. The molecule has 0 aromatic heterocycles. The molecule has 2 aromatic carbocycles. The summed E-state index contributed by atoms with van der Waals surface area (Å²) in [7, 11) is 2.02. The molecule has 0 saturated heterocycles. The van der Waals surface area contributed by atoms with Crippen molar-refractivity contribution in [3.63, 3.8) is 0 Å². The Morgan fingerprint density at radius 1 is 1.13 bits per heavy atom. The zero-order chi connectivity index (χ0) is 21.9. The van der Waals surface area contributed by atoms with Crippen LogP contribution in [0.2, 0.25) is 10.0 Å². The first-order valence-electron chi connectivity index (χ1n) is 9.65. The summed E-state index contributed by atoms with van der Waals surface area (Å²) in [5.41, 5.74) is 3.27. The van der Waals surface area contributed by atoms with Gasteiger partial charge in [0, 0.05) is 30.4 Å². The van der Waals surface area contributed by atoms with Gasteiger partial charge in [0.2, 0.25) is 0 Å². The quantitative estimate of drug-likeness (QED) is 0.645. The van der Waals surface area contributed by atoms with Gasteiger partial charge in [0.1, 0.15) is 5.75 Å². The number of rotatable bonds is 3. The minimum absolute atomic E-state index is 0.377. The predicted molar refractivity (Wildman–Crippen MR) is 126 cm³/mol. The van der Waals surface area contributed by atoms with E-state index in [-0.39, 0.29) is 5.54 Å². The molecule has 0 saturated carbocycles. The zero-order valence-electron chi connectivity index (χ0n) is 17.5. The Balaban J connectivity index is 1.90. The number of carbonyl (C=O) groups excluding carboxylic acids is 1. The maximum Gasteiger partial charge on any atom is 0.413 e. The van der Waals surface area contributed by atoms with Crippen molar-refractivity contribution in [1.29, 1.82) is 0 Å². The molecule has 3 rings (SSSR count). The standard InChI is InChI=1S/C23H25Cl2N3O2/c1-23(2,3)27-22(29)30-16-7-10-21-17(14-16)20(26-11-12-28(21)4)9-6-15-5-8-18(24)19(25)13-15/h5-10,13-14H,11-12H2,1-4H3,(H,27,29). The van der Waals surface area contributed by atoms with Crippen LogP contribution in [0.1, 0.15) is 31.9 Å². The van der Waals surface area contributed by atoms with Crippen LogP contribution in [0.3, 0.4) is 0 Å². The zero-order valence-corrected chi connectivity index (χ0v) is 19.0. The van der Waals surface area contributed by atoms with Gasteiger partial charge in [-0.1, -0.05) is 35.3 Å². The fraction of sp³-hybridized carbons (Fsp3) is 0.304. The fourth-order valence-electron chi connectivity index (χ4n) is 3.02. The fourth-order valence-corrected chi connectivity index (χ4v) is 3.32. The number of benzodiazepines with no additional fused rings is 1. The molecular weight excluding hydrogens is 421 g/mol. The first-order valence-corrected chi connectivity index (χ1v) is 10.4. The summed E-state index contributed by atoms with van der Waals surface area (Å²) in [6, 6.07) is 11.1. The van der Waals surface area contributed by atoms with E-state index in [0.29, 0.717) is 22.3 Å². The highest BCUT2D eigenvalue weighted by Gasteiger charge is 2.19. The number of benzene rings is 2. The lowest BCUT2D eigenvalue weighted by Gasteiger charge is -2.21. The molecule has 0 bridgehead atoms. The second-order valence-corrected chi connectivity index (χ2v) is 8.95. The summed E-state index contributed by atoms with van der Waals surface area (Å²) in [6.07, 6.45) is 3.39. The van der Waals surface area contributed by atoms with Crippen LogP contribution in [0.5, 0.6) is 5.75 Å². The Hall–Kier alpha value is -2.50. The molecule has 2 aromatic rings. The van der Waals surface area contributed by atoms with Gasteiger partial charge in [0.15, 0.2) is 0 Å². The van der Waals surface area contributed by atoms with Crippen LogP contribution in [-0.2, 0) is 0 Å². The summed E-state index contributed by atoms with van der Waals surface area (Å²) in [4.78, 5) is 19.0. The Morgan fingerprint density at radius 3 is 2.60 bits per heavy atom. The molecule has 1 amide bonds. The summed E-state index contributed by atoms with van der Waals surface area (Å²) >= 11 is 12.1. The van der Waals surface area contributed by atoms with Crippen molar-refractivity contribution >= 4 is 46.8 Å². The number of allylic oxidation sites excluding steroid dienone is 1. The summed E-state index contributed by atoms with van der Waals surface area (Å²) in [5, 5.41) is 3.82. The molecule has 0 spiro atoms. The van der Waals surface area contributed by atoms with Crippen molar-refractivity contribution in [1.82, 2.24) is 5.32 Å². The van der Waals surface area contributed by atoms with E-state index in [1.54, 1.807) is 18.2 Å². The third-order valence-corrected chi connectivity index (χ3v) is 5.18. The molecule has 7 heteroatoms. The first-order chi connectivity index (χ1) is 14.1. The van der Waals surface area contributed by atoms with Crippen LogP contribution in [0.15, 0.2) is 47.5 Å². The van der Waals surface area contributed by atoms with Gasteiger partial charge >= 0.3 is 6.09 Å². The average molecular weight is 446 g/mol. The van der Waals surface area contributed by atoms with Crippen LogP contribution in [0.4, 0.5) is 10.5 Å². The van der Waals surface area contributed by atoms with Gasteiger partial charge in [-0.2, -0.15) is 0 Å². The Kier molecular flexibility index (Phi) is 6.74. The highest BCUT2D eigenvalue weighted by molar-refractivity contribution is 6.42. The largest absolute Gasteiger partial charge is 0.413 e. The molecule has 0 unspecified atom stereocenters. The second-order valence-electron chi connectivity index (χ2n) is 8.14. The topological polar surface area (TPSA) is 53.9 Å². The van der Waals surface area contributed by atoms with E-state index in [2.05, 4.69) is 10.2 Å². The minimum atomic E-state index is -0.491. The Labute approximate surface area is 187 Å². The number of amides is 1. The lowest BCUT2D eigenvalue weighted by Crippen LogP contribution is -2.42. The normalized spacial score (nSPS) is 14.2. The molecule has 1 heterocycles. The SMILES string of the molecule is CN1CCN=C(C=Cc2ccc(Cl)c(Cl)c2)c2cc(OC(=O)NC(C)(C)C)ccc21. The van der Waals surface area contributed by atoms with Crippen molar-refractivity contribution in [3.8, 4) is 5.75 Å². The Morgan fingerprint density at radius 2 is 1.90 bits per heavy atom. The molecule has 5 nitrogen and oxygen atoms in total. The average Bonchev–Trinajstić information content (AvgIpc) is 2.80. The smallest absolute Gasteiger partial charge is 0.410 e. The van der Waals surface area contributed by atoms with Crippen molar-refractivity contribution in [2.75, 3.05) is 25.0 Å². The van der Waals surface area contributed by atoms with Gasteiger partial charge < -0.3 is 15.0 Å². The minimum Gasteiger partial charge on any atom is -0.410 e. The van der Waals surface area contributed by atoms with Crippen molar-refractivity contribution in [2.24, 2.45) is 4.99 Å². The van der Waals surface area contributed by atoms with Crippen LogP contribution < -0.4 is 15.0 Å². The van der Waals surface area contributed by atoms with E-state index in [9.17, 15) is 4.79 Å². The number of hydrogen-bond acceptors (Lipinski definition) is 4. The highest BCUT2D eigenvalue weighted by Crippen LogP contribution is 2.29. The number of likely N-dealkylation sites (N-methyl/N-ethyl adjacent to an activating group) is 1. The van der Waals surface area contributed by atoms with Crippen molar-refractivity contribution in [3.05, 3.63) is 63.6 Å². The van der Waals surface area contributed by atoms with Gasteiger partial charge in [-0.15, -0.1) is 0 Å². The van der Waals surface area contributed by atoms with Crippen LogP contribution >= 0.6 is 23.2 Å². The number of anilines is 1. The number of hydrogen-bond donors (Lipinski definition) is 1. The van der Waals surface area contributed by atoms with Gasteiger partial charge in [-0.3, -0.25) is 4.99 Å². The van der Waals surface area contributed by atoms with Gasteiger partial charge in [0.05, 0.1) is 22.3 Å². The van der Waals surface area contributed by atoms with Gasteiger partial charge in [0.25, 0.3) is 0 Å². The maximum atomic E-state index is 12.2. The van der Waals surface area contributed by atoms with Crippen molar-refractivity contribution < 1.29 is 9.53 Å². The monoisotopic (exact) mass is 445 g/mol. The van der Waals surface area contributed by atoms with E-state index in [1.165, 1.54) is 0 Å².